The summed E-state index contributed by atoms with van der Waals surface area (Å²) in [4.78, 5) is 22.1. The van der Waals surface area contributed by atoms with Crippen molar-refractivity contribution < 1.29 is 0 Å². The van der Waals surface area contributed by atoms with Crippen molar-refractivity contribution in [1.82, 2.24) is 14.5 Å². The number of hydrogen-bond donors (Lipinski definition) is 0. The molecule has 0 aliphatic heterocycles. The van der Waals surface area contributed by atoms with E-state index in [1.165, 1.54) is 16.9 Å². The third-order valence-electron chi connectivity index (χ3n) is 4.27. The van der Waals surface area contributed by atoms with Crippen LogP contribution < -0.4 is 5.56 Å². The predicted octanol–water partition coefficient (Wildman–Crippen LogP) is 2.66. The maximum Gasteiger partial charge on any atom is 0.262 e. The van der Waals surface area contributed by atoms with Crippen molar-refractivity contribution in [2.75, 3.05) is 14.1 Å². The molecular weight excluding hydrogens is 282 g/mol. The lowest BCUT2D eigenvalue weighted by atomic mass is 9.89. The van der Waals surface area contributed by atoms with Crippen molar-refractivity contribution in [3.8, 4) is 0 Å². The number of fused-ring (bicyclic) bond motifs is 3. The lowest BCUT2D eigenvalue weighted by Gasteiger charge is -2.18. The molecule has 2 aromatic rings. The molecule has 1 unspecified atom stereocenters. The van der Waals surface area contributed by atoms with E-state index in [9.17, 15) is 4.79 Å². The third kappa shape index (κ3) is 2.53. The fraction of sp³-hybridized carbons (Fsp3) is 0.625. The van der Waals surface area contributed by atoms with Crippen LogP contribution in [0.15, 0.2) is 4.79 Å². The van der Waals surface area contributed by atoms with Gasteiger partial charge in [0.25, 0.3) is 5.56 Å². The zero-order chi connectivity index (χ0) is 15.1. The number of rotatable bonds is 3. The van der Waals surface area contributed by atoms with E-state index in [1.807, 2.05) is 25.6 Å². The number of aryl methyl sites for hydroxylation is 1. The summed E-state index contributed by atoms with van der Waals surface area (Å²) in [5, 5.41) is 0.895. The Balaban J connectivity index is 2.23. The molecule has 1 aliphatic carbocycles. The van der Waals surface area contributed by atoms with E-state index < -0.39 is 0 Å². The van der Waals surface area contributed by atoms with Gasteiger partial charge < -0.3 is 4.90 Å². The fourth-order valence-corrected chi connectivity index (χ4v) is 4.59. The van der Waals surface area contributed by atoms with Gasteiger partial charge in [-0.3, -0.25) is 9.36 Å². The van der Waals surface area contributed by atoms with Crippen LogP contribution in [-0.2, 0) is 25.9 Å². The van der Waals surface area contributed by atoms with Crippen molar-refractivity contribution in [2.24, 2.45) is 5.92 Å². The van der Waals surface area contributed by atoms with Crippen LogP contribution in [0.4, 0.5) is 0 Å². The van der Waals surface area contributed by atoms with Gasteiger partial charge in [0.2, 0.25) is 0 Å². The highest BCUT2D eigenvalue weighted by Crippen LogP contribution is 2.35. The number of thiophene rings is 1. The molecule has 0 aromatic carbocycles. The van der Waals surface area contributed by atoms with Crippen molar-refractivity contribution in [3.05, 3.63) is 26.6 Å². The van der Waals surface area contributed by atoms with Crippen molar-refractivity contribution in [1.29, 1.82) is 0 Å². The molecule has 1 aliphatic rings. The van der Waals surface area contributed by atoms with Gasteiger partial charge in [-0.2, -0.15) is 0 Å². The van der Waals surface area contributed by atoms with Gasteiger partial charge >= 0.3 is 0 Å². The van der Waals surface area contributed by atoms with Crippen LogP contribution in [0.25, 0.3) is 10.2 Å². The quantitative estimate of drug-likeness (QED) is 0.875. The lowest BCUT2D eigenvalue weighted by Crippen LogP contribution is -2.28. The molecular formula is C16H23N3OS. The monoisotopic (exact) mass is 305 g/mol. The van der Waals surface area contributed by atoms with Crippen LogP contribution in [-0.4, -0.2) is 28.5 Å². The molecule has 0 N–H and O–H groups in total. The van der Waals surface area contributed by atoms with E-state index in [4.69, 9.17) is 4.98 Å². The summed E-state index contributed by atoms with van der Waals surface area (Å²) in [5.74, 6) is 1.60. The summed E-state index contributed by atoms with van der Waals surface area (Å²) in [6, 6.07) is 0. The highest BCUT2D eigenvalue weighted by atomic mass is 32.1. The van der Waals surface area contributed by atoms with E-state index in [2.05, 4.69) is 11.8 Å². The van der Waals surface area contributed by atoms with Gasteiger partial charge in [-0.15, -0.1) is 11.3 Å². The minimum atomic E-state index is 0.159. The van der Waals surface area contributed by atoms with Gasteiger partial charge in [0.1, 0.15) is 10.7 Å². The average Bonchev–Trinajstić information content (AvgIpc) is 2.75. The average molecular weight is 305 g/mol. The standard InChI is InChI=1S/C16H23N3OS/c1-5-19-13(9-18(3)4)17-15-14(16(19)20)11-7-6-10(2)8-12(11)21-15/h10H,5-9H2,1-4H3. The zero-order valence-corrected chi connectivity index (χ0v) is 14.1. The molecule has 4 nitrogen and oxygen atoms in total. The summed E-state index contributed by atoms with van der Waals surface area (Å²) < 4.78 is 1.84. The summed E-state index contributed by atoms with van der Waals surface area (Å²) >= 11 is 1.74. The Morgan fingerprint density at radius 1 is 1.43 bits per heavy atom. The molecule has 0 amide bonds. The van der Waals surface area contributed by atoms with Crippen LogP contribution in [0.2, 0.25) is 0 Å². The van der Waals surface area contributed by atoms with Crippen LogP contribution >= 0.6 is 11.3 Å². The van der Waals surface area contributed by atoms with Crippen molar-refractivity contribution in [3.63, 3.8) is 0 Å². The number of nitrogens with zero attached hydrogens (tertiary/aromatic N) is 3. The molecule has 3 rings (SSSR count). The minimum absolute atomic E-state index is 0.159. The van der Waals surface area contributed by atoms with Crippen LogP contribution in [0.1, 0.15) is 36.5 Å². The first-order valence-corrected chi connectivity index (χ1v) is 8.51. The normalized spacial score (nSPS) is 18.4. The van der Waals surface area contributed by atoms with Gasteiger partial charge in [0, 0.05) is 11.4 Å². The van der Waals surface area contributed by atoms with E-state index in [0.717, 1.165) is 34.8 Å². The largest absolute Gasteiger partial charge is 0.302 e. The molecule has 0 saturated heterocycles. The molecule has 1 atom stereocenters. The molecule has 2 heterocycles. The Morgan fingerprint density at radius 3 is 2.86 bits per heavy atom. The molecule has 0 saturated carbocycles. The lowest BCUT2D eigenvalue weighted by molar-refractivity contribution is 0.378. The van der Waals surface area contributed by atoms with E-state index in [0.29, 0.717) is 13.1 Å². The highest BCUT2D eigenvalue weighted by molar-refractivity contribution is 7.18. The molecule has 5 heteroatoms. The van der Waals surface area contributed by atoms with E-state index >= 15 is 0 Å². The SMILES string of the molecule is CCn1c(CN(C)C)nc2sc3c(c2c1=O)CCC(C)C3. The summed E-state index contributed by atoms with van der Waals surface area (Å²) in [7, 11) is 4.02. The molecule has 2 aromatic heterocycles. The Kier molecular flexibility index (Phi) is 3.88. The molecule has 0 radical (unpaired) electrons. The van der Waals surface area contributed by atoms with Crippen LogP contribution in [0.3, 0.4) is 0 Å². The molecule has 114 valence electrons. The summed E-state index contributed by atoms with van der Waals surface area (Å²) in [6.45, 7) is 5.71. The second-order valence-corrected chi connectivity index (χ2v) is 7.43. The summed E-state index contributed by atoms with van der Waals surface area (Å²) in [5.41, 5.74) is 1.44. The third-order valence-corrected chi connectivity index (χ3v) is 5.42. The van der Waals surface area contributed by atoms with Gasteiger partial charge in [-0.05, 0) is 51.8 Å². The molecule has 0 spiro atoms. The van der Waals surface area contributed by atoms with Crippen molar-refractivity contribution in [2.45, 2.75) is 46.2 Å². The van der Waals surface area contributed by atoms with Crippen molar-refractivity contribution >= 4 is 21.6 Å². The van der Waals surface area contributed by atoms with Crippen LogP contribution in [0, 0.1) is 5.92 Å². The number of hydrogen-bond acceptors (Lipinski definition) is 4. The molecule has 0 fully saturated rings. The van der Waals surface area contributed by atoms with Gasteiger partial charge in [-0.1, -0.05) is 6.92 Å². The first-order chi connectivity index (χ1) is 10.0. The first-order valence-electron chi connectivity index (χ1n) is 7.70. The Bertz CT molecular complexity index is 729. The van der Waals surface area contributed by atoms with E-state index in [-0.39, 0.29) is 5.56 Å². The van der Waals surface area contributed by atoms with Gasteiger partial charge in [0.05, 0.1) is 11.9 Å². The summed E-state index contributed by atoms with van der Waals surface area (Å²) in [6.07, 6.45) is 3.32. The maximum absolute atomic E-state index is 12.9. The van der Waals surface area contributed by atoms with Gasteiger partial charge in [0.15, 0.2) is 0 Å². The topological polar surface area (TPSA) is 38.1 Å². The Hall–Kier alpha value is -1.20. The predicted molar refractivity (Wildman–Crippen MR) is 88.1 cm³/mol. The Morgan fingerprint density at radius 2 is 2.19 bits per heavy atom. The zero-order valence-electron chi connectivity index (χ0n) is 13.3. The highest BCUT2D eigenvalue weighted by Gasteiger charge is 2.24. The Labute approximate surface area is 129 Å². The molecule has 21 heavy (non-hydrogen) atoms. The molecule has 0 bridgehead atoms. The minimum Gasteiger partial charge on any atom is -0.302 e. The second kappa shape index (κ2) is 5.54. The first kappa shape index (κ1) is 14.7. The second-order valence-electron chi connectivity index (χ2n) is 6.35. The van der Waals surface area contributed by atoms with E-state index in [1.54, 1.807) is 11.3 Å². The fourth-order valence-electron chi connectivity index (χ4n) is 3.20. The maximum atomic E-state index is 12.9. The number of aromatic nitrogens is 2. The van der Waals surface area contributed by atoms with Gasteiger partial charge in [-0.25, -0.2) is 4.98 Å². The van der Waals surface area contributed by atoms with Crippen LogP contribution in [0.5, 0.6) is 0 Å². The smallest absolute Gasteiger partial charge is 0.262 e.